The van der Waals surface area contributed by atoms with E-state index >= 15 is 0 Å². The van der Waals surface area contributed by atoms with E-state index in [0.29, 0.717) is 12.1 Å². The second-order valence-electron chi connectivity index (χ2n) is 5.41. The number of fused-ring (bicyclic) bond motifs is 1. The Labute approximate surface area is 106 Å². The third-order valence-corrected chi connectivity index (χ3v) is 4.44. The number of aromatic amines is 1. The summed E-state index contributed by atoms with van der Waals surface area (Å²) in [6, 6.07) is 5.83. The van der Waals surface area contributed by atoms with Crippen LogP contribution in [0.15, 0.2) is 24.4 Å². The van der Waals surface area contributed by atoms with Gasteiger partial charge in [-0.15, -0.1) is 0 Å². The van der Waals surface area contributed by atoms with Gasteiger partial charge in [0.1, 0.15) is 0 Å². The van der Waals surface area contributed by atoms with E-state index in [9.17, 15) is 4.39 Å². The van der Waals surface area contributed by atoms with Gasteiger partial charge in [-0.05, 0) is 24.5 Å². The van der Waals surface area contributed by atoms with Gasteiger partial charge < -0.3 is 10.7 Å². The molecule has 0 radical (unpaired) electrons. The summed E-state index contributed by atoms with van der Waals surface area (Å²) in [7, 11) is 0. The number of hydrogen-bond donors (Lipinski definition) is 2. The third-order valence-electron chi connectivity index (χ3n) is 4.44. The van der Waals surface area contributed by atoms with Crippen LogP contribution in [-0.2, 0) is 5.41 Å². The number of benzene rings is 1. The van der Waals surface area contributed by atoms with Gasteiger partial charge in [-0.2, -0.15) is 0 Å². The number of H-pyrrole nitrogens is 1. The Morgan fingerprint density at radius 1 is 1.17 bits per heavy atom. The molecule has 3 rings (SSSR count). The summed E-state index contributed by atoms with van der Waals surface area (Å²) in [5.74, 6) is -0.107. The first-order valence-corrected chi connectivity index (χ1v) is 6.73. The minimum absolute atomic E-state index is 0.107. The van der Waals surface area contributed by atoms with Gasteiger partial charge in [0.25, 0.3) is 0 Å². The normalized spacial score (nSPS) is 19.2. The first-order valence-electron chi connectivity index (χ1n) is 6.73. The van der Waals surface area contributed by atoms with Crippen LogP contribution in [0.2, 0.25) is 0 Å². The van der Waals surface area contributed by atoms with Crippen molar-refractivity contribution in [3.05, 3.63) is 35.8 Å². The van der Waals surface area contributed by atoms with Crippen LogP contribution in [0.4, 0.5) is 4.39 Å². The molecule has 18 heavy (non-hydrogen) atoms. The first kappa shape index (κ1) is 11.7. The molecular weight excluding hydrogens is 227 g/mol. The van der Waals surface area contributed by atoms with Crippen LogP contribution < -0.4 is 5.73 Å². The second-order valence-corrected chi connectivity index (χ2v) is 5.41. The van der Waals surface area contributed by atoms with Crippen LogP contribution in [0.1, 0.15) is 37.7 Å². The molecule has 1 aromatic heterocycles. The van der Waals surface area contributed by atoms with Crippen molar-refractivity contribution in [2.24, 2.45) is 5.73 Å². The summed E-state index contributed by atoms with van der Waals surface area (Å²) < 4.78 is 14.6. The molecule has 1 aromatic carbocycles. The molecule has 96 valence electrons. The highest BCUT2D eigenvalue weighted by molar-refractivity contribution is 5.81. The molecule has 1 aliphatic carbocycles. The summed E-state index contributed by atoms with van der Waals surface area (Å²) in [4.78, 5) is 2.99. The lowest BCUT2D eigenvalue weighted by Crippen LogP contribution is -2.38. The van der Waals surface area contributed by atoms with Crippen molar-refractivity contribution in [1.82, 2.24) is 4.98 Å². The van der Waals surface area contributed by atoms with Crippen molar-refractivity contribution in [3.63, 3.8) is 0 Å². The Balaban J connectivity index is 2.14. The van der Waals surface area contributed by atoms with E-state index in [1.54, 1.807) is 6.20 Å². The molecule has 3 heteroatoms. The Kier molecular flexibility index (Phi) is 2.86. The van der Waals surface area contributed by atoms with E-state index in [-0.39, 0.29) is 11.2 Å². The molecule has 1 saturated carbocycles. The van der Waals surface area contributed by atoms with E-state index in [4.69, 9.17) is 5.73 Å². The largest absolute Gasteiger partial charge is 0.359 e. The number of nitrogens with two attached hydrogens (primary N) is 1. The monoisotopic (exact) mass is 246 g/mol. The van der Waals surface area contributed by atoms with Crippen LogP contribution in [0.25, 0.3) is 10.9 Å². The molecule has 0 atom stereocenters. The average molecular weight is 246 g/mol. The Morgan fingerprint density at radius 2 is 1.94 bits per heavy atom. The zero-order valence-electron chi connectivity index (χ0n) is 10.5. The lowest BCUT2D eigenvalue weighted by molar-refractivity contribution is 0.292. The number of nitrogens with one attached hydrogen (secondary N) is 1. The summed E-state index contributed by atoms with van der Waals surface area (Å²) in [6.45, 7) is 0.538. The van der Waals surface area contributed by atoms with Crippen molar-refractivity contribution in [2.45, 2.75) is 37.5 Å². The molecule has 2 aromatic rings. The molecular formula is C15H19FN2. The van der Waals surface area contributed by atoms with E-state index < -0.39 is 0 Å². The molecule has 0 amide bonds. The van der Waals surface area contributed by atoms with Crippen LogP contribution in [0.3, 0.4) is 0 Å². The summed E-state index contributed by atoms with van der Waals surface area (Å²) in [6.07, 6.45) is 7.35. The number of hydrogen-bond acceptors (Lipinski definition) is 1. The molecule has 1 aliphatic rings. The fourth-order valence-corrected chi connectivity index (χ4v) is 3.31. The van der Waals surface area contributed by atoms with Gasteiger partial charge >= 0.3 is 0 Å². The van der Waals surface area contributed by atoms with Crippen LogP contribution >= 0.6 is 0 Å². The van der Waals surface area contributed by atoms with Crippen molar-refractivity contribution in [2.75, 3.05) is 6.54 Å². The number of rotatable bonds is 2. The molecule has 1 heterocycles. The predicted molar refractivity (Wildman–Crippen MR) is 72.1 cm³/mol. The maximum Gasteiger partial charge on any atom is 0.151 e. The molecule has 0 aliphatic heterocycles. The number of halogens is 1. The van der Waals surface area contributed by atoms with Gasteiger partial charge in [-0.3, -0.25) is 0 Å². The smallest absolute Gasteiger partial charge is 0.151 e. The molecule has 0 bridgehead atoms. The SMILES string of the molecule is NCC1(c2ccc3cc[nH]c3c2F)CCCCC1. The Morgan fingerprint density at radius 3 is 2.67 bits per heavy atom. The lowest BCUT2D eigenvalue weighted by atomic mass is 9.69. The van der Waals surface area contributed by atoms with Gasteiger partial charge in [-0.1, -0.05) is 31.4 Å². The zero-order valence-corrected chi connectivity index (χ0v) is 10.5. The van der Waals surface area contributed by atoms with Crippen molar-refractivity contribution >= 4 is 10.9 Å². The molecule has 3 N–H and O–H groups in total. The second kappa shape index (κ2) is 4.39. The van der Waals surface area contributed by atoms with E-state index in [2.05, 4.69) is 4.98 Å². The van der Waals surface area contributed by atoms with E-state index in [1.165, 1.54) is 6.42 Å². The van der Waals surface area contributed by atoms with Crippen LogP contribution in [0.5, 0.6) is 0 Å². The van der Waals surface area contributed by atoms with Crippen LogP contribution in [0, 0.1) is 5.82 Å². The standard InChI is InChI=1S/C15H19FN2/c16-13-12(5-4-11-6-9-18-14(11)13)15(10-17)7-2-1-3-8-15/h4-6,9,18H,1-3,7-8,10,17H2. The van der Waals surface area contributed by atoms with Gasteiger partial charge in [-0.25, -0.2) is 4.39 Å². The van der Waals surface area contributed by atoms with Gasteiger partial charge in [0.15, 0.2) is 5.82 Å². The molecule has 0 spiro atoms. The topological polar surface area (TPSA) is 41.8 Å². The van der Waals surface area contributed by atoms with Crippen molar-refractivity contribution in [1.29, 1.82) is 0 Å². The summed E-state index contributed by atoms with van der Waals surface area (Å²) in [5.41, 5.74) is 7.25. The fraction of sp³-hybridized carbons (Fsp3) is 0.467. The minimum atomic E-state index is -0.151. The average Bonchev–Trinajstić information content (AvgIpc) is 2.89. The van der Waals surface area contributed by atoms with Crippen molar-refractivity contribution < 1.29 is 4.39 Å². The number of aromatic nitrogens is 1. The Hall–Kier alpha value is -1.35. The highest BCUT2D eigenvalue weighted by Crippen LogP contribution is 2.40. The highest BCUT2D eigenvalue weighted by atomic mass is 19.1. The quantitative estimate of drug-likeness (QED) is 0.837. The highest BCUT2D eigenvalue weighted by Gasteiger charge is 2.35. The van der Waals surface area contributed by atoms with Gasteiger partial charge in [0, 0.05) is 23.5 Å². The van der Waals surface area contributed by atoms with E-state index in [1.807, 2.05) is 18.2 Å². The molecule has 0 unspecified atom stereocenters. The van der Waals surface area contributed by atoms with Gasteiger partial charge in [0.2, 0.25) is 0 Å². The minimum Gasteiger partial charge on any atom is -0.359 e. The van der Waals surface area contributed by atoms with Gasteiger partial charge in [0.05, 0.1) is 5.52 Å². The zero-order chi connectivity index (χ0) is 12.6. The first-order chi connectivity index (χ1) is 8.77. The fourth-order valence-electron chi connectivity index (χ4n) is 3.31. The third kappa shape index (κ3) is 1.65. The summed E-state index contributed by atoms with van der Waals surface area (Å²) in [5, 5.41) is 0.930. The molecule has 2 nitrogen and oxygen atoms in total. The van der Waals surface area contributed by atoms with Crippen molar-refractivity contribution in [3.8, 4) is 0 Å². The van der Waals surface area contributed by atoms with Crippen LogP contribution in [-0.4, -0.2) is 11.5 Å². The molecule has 1 fully saturated rings. The molecule has 0 saturated heterocycles. The maximum absolute atomic E-state index is 14.6. The maximum atomic E-state index is 14.6. The lowest BCUT2D eigenvalue weighted by Gasteiger charge is -2.37. The Bertz CT molecular complexity index is 553. The predicted octanol–water partition coefficient (Wildman–Crippen LogP) is 3.47. The summed E-state index contributed by atoms with van der Waals surface area (Å²) >= 11 is 0. The van der Waals surface area contributed by atoms with E-state index in [0.717, 1.165) is 36.6 Å².